The molecule has 0 aromatic carbocycles. The van der Waals surface area contributed by atoms with E-state index in [2.05, 4.69) is 13.8 Å². The van der Waals surface area contributed by atoms with Gasteiger partial charge in [-0.25, -0.2) is 0 Å². The summed E-state index contributed by atoms with van der Waals surface area (Å²) in [4.78, 5) is 0. The average molecular weight is 147 g/mol. The summed E-state index contributed by atoms with van der Waals surface area (Å²) in [6.45, 7) is 4.46. The molecule has 0 spiro atoms. The van der Waals surface area contributed by atoms with Crippen molar-refractivity contribution in [2.24, 2.45) is 5.92 Å². The van der Waals surface area contributed by atoms with Crippen molar-refractivity contribution in [2.75, 3.05) is 0 Å². The lowest BCUT2D eigenvalue weighted by molar-refractivity contribution is 0.532. The molecule has 1 atom stereocenters. The predicted octanol–water partition coefficient (Wildman–Crippen LogP) is 3.57. The van der Waals surface area contributed by atoms with Gasteiger partial charge in [-0.1, -0.05) is 44.4 Å². The van der Waals surface area contributed by atoms with Crippen LogP contribution in [0.25, 0.3) is 0 Å². The fourth-order valence-electron chi connectivity index (χ4n) is 0.894. The van der Waals surface area contributed by atoms with Crippen LogP contribution in [0, 0.1) is 5.92 Å². The van der Waals surface area contributed by atoms with E-state index in [1.807, 2.05) is 6.08 Å². The van der Waals surface area contributed by atoms with Gasteiger partial charge >= 0.3 is 0 Å². The van der Waals surface area contributed by atoms with Gasteiger partial charge in [-0.05, 0) is 12.3 Å². The first kappa shape index (κ1) is 9.03. The molecule has 0 radical (unpaired) electrons. The number of allylic oxidation sites excluding steroid dienone is 1. The zero-order valence-electron chi connectivity index (χ0n) is 6.23. The monoisotopic (exact) mass is 146 g/mol. The van der Waals surface area contributed by atoms with Crippen LogP contribution in [0.15, 0.2) is 11.6 Å². The van der Waals surface area contributed by atoms with Crippen molar-refractivity contribution < 1.29 is 0 Å². The van der Waals surface area contributed by atoms with E-state index in [0.29, 0.717) is 0 Å². The van der Waals surface area contributed by atoms with Crippen LogP contribution in [0.3, 0.4) is 0 Å². The maximum Gasteiger partial charge on any atom is 0.000255 e. The van der Waals surface area contributed by atoms with E-state index in [4.69, 9.17) is 11.6 Å². The second kappa shape index (κ2) is 6.15. The van der Waals surface area contributed by atoms with Crippen molar-refractivity contribution in [3.8, 4) is 0 Å². The minimum atomic E-state index is 0.796. The molecular weight excluding hydrogens is 132 g/mol. The van der Waals surface area contributed by atoms with Crippen molar-refractivity contribution in [3.63, 3.8) is 0 Å². The van der Waals surface area contributed by atoms with Gasteiger partial charge in [-0.3, -0.25) is 0 Å². The minimum absolute atomic E-state index is 0.796. The quantitative estimate of drug-likeness (QED) is 0.569. The lowest BCUT2D eigenvalue weighted by Gasteiger charge is -2.03. The first-order valence-electron chi connectivity index (χ1n) is 3.56. The van der Waals surface area contributed by atoms with Crippen molar-refractivity contribution >= 4 is 11.6 Å². The molecule has 0 rings (SSSR count). The van der Waals surface area contributed by atoms with E-state index >= 15 is 0 Å². The average Bonchev–Trinajstić information content (AvgIpc) is 1.85. The summed E-state index contributed by atoms with van der Waals surface area (Å²) < 4.78 is 0. The van der Waals surface area contributed by atoms with Crippen LogP contribution in [0.1, 0.15) is 33.1 Å². The van der Waals surface area contributed by atoms with Crippen LogP contribution < -0.4 is 0 Å². The van der Waals surface area contributed by atoms with E-state index in [-0.39, 0.29) is 0 Å². The standard InChI is InChI=1S/C8H15Cl/c1-3-5-8(2)6-4-7-9/h4,7-8H,3,5-6H2,1-2H3. The highest BCUT2D eigenvalue weighted by Crippen LogP contribution is 2.09. The van der Waals surface area contributed by atoms with E-state index in [1.165, 1.54) is 12.8 Å². The summed E-state index contributed by atoms with van der Waals surface area (Å²) in [5.41, 5.74) is 1.60. The molecule has 0 N–H and O–H groups in total. The molecule has 0 aliphatic rings. The Hall–Kier alpha value is 0.0300. The maximum absolute atomic E-state index is 5.37. The summed E-state index contributed by atoms with van der Waals surface area (Å²) in [6, 6.07) is 0. The molecule has 0 aromatic heterocycles. The van der Waals surface area contributed by atoms with Crippen LogP contribution in [0.4, 0.5) is 0 Å². The van der Waals surface area contributed by atoms with Crippen molar-refractivity contribution in [1.82, 2.24) is 0 Å². The maximum atomic E-state index is 5.37. The molecule has 0 heterocycles. The number of halogens is 1. The van der Waals surface area contributed by atoms with Gasteiger partial charge in [0.1, 0.15) is 0 Å². The topological polar surface area (TPSA) is 0 Å². The van der Waals surface area contributed by atoms with Crippen LogP contribution >= 0.6 is 11.6 Å². The van der Waals surface area contributed by atoms with Crippen molar-refractivity contribution in [2.45, 2.75) is 33.1 Å². The second-order valence-electron chi connectivity index (χ2n) is 2.49. The van der Waals surface area contributed by atoms with Gasteiger partial charge in [0.25, 0.3) is 0 Å². The molecule has 0 aliphatic heterocycles. The van der Waals surface area contributed by atoms with Crippen LogP contribution in [0.2, 0.25) is 0 Å². The third kappa shape index (κ3) is 5.91. The highest BCUT2D eigenvalue weighted by molar-refractivity contribution is 6.25. The molecule has 0 aliphatic carbocycles. The number of rotatable bonds is 4. The molecule has 9 heavy (non-hydrogen) atoms. The molecule has 0 bridgehead atoms. The SMILES string of the molecule is CCCC(C)CC=CCl. The van der Waals surface area contributed by atoms with Gasteiger partial charge in [-0.15, -0.1) is 0 Å². The lowest BCUT2D eigenvalue weighted by atomic mass is 10.0. The normalized spacial score (nSPS) is 14.6. The molecular formula is C8H15Cl. The Kier molecular flexibility index (Phi) is 6.18. The van der Waals surface area contributed by atoms with Gasteiger partial charge < -0.3 is 0 Å². The summed E-state index contributed by atoms with van der Waals surface area (Å²) in [6.07, 6.45) is 5.72. The Morgan fingerprint density at radius 3 is 2.67 bits per heavy atom. The van der Waals surface area contributed by atoms with Gasteiger partial charge in [0.2, 0.25) is 0 Å². The van der Waals surface area contributed by atoms with E-state index in [1.54, 1.807) is 5.54 Å². The van der Waals surface area contributed by atoms with Crippen LogP contribution in [-0.4, -0.2) is 0 Å². The van der Waals surface area contributed by atoms with Gasteiger partial charge in [0, 0.05) is 5.54 Å². The molecule has 0 nitrogen and oxygen atoms in total. The Balaban J connectivity index is 3.15. The fraction of sp³-hybridized carbons (Fsp3) is 0.750. The summed E-state index contributed by atoms with van der Waals surface area (Å²) in [5.74, 6) is 0.796. The van der Waals surface area contributed by atoms with E-state index in [9.17, 15) is 0 Å². The molecule has 0 fully saturated rings. The van der Waals surface area contributed by atoms with Crippen molar-refractivity contribution in [1.29, 1.82) is 0 Å². The Morgan fingerprint density at radius 1 is 1.56 bits per heavy atom. The summed E-state index contributed by atoms with van der Waals surface area (Å²) in [7, 11) is 0. The van der Waals surface area contributed by atoms with Gasteiger partial charge in [0.05, 0.1) is 0 Å². The zero-order valence-corrected chi connectivity index (χ0v) is 6.99. The van der Waals surface area contributed by atoms with E-state index < -0.39 is 0 Å². The smallest absolute Gasteiger partial charge is 0.000255 e. The second-order valence-corrected chi connectivity index (χ2v) is 2.74. The lowest BCUT2D eigenvalue weighted by Crippen LogP contribution is -1.89. The highest BCUT2D eigenvalue weighted by Gasteiger charge is 1.95. The largest absolute Gasteiger partial charge is 0.0933 e. The molecule has 1 heteroatoms. The minimum Gasteiger partial charge on any atom is -0.0933 e. The molecule has 0 amide bonds. The number of hydrogen-bond donors (Lipinski definition) is 0. The third-order valence-electron chi connectivity index (χ3n) is 1.41. The third-order valence-corrected chi connectivity index (χ3v) is 1.59. The fourth-order valence-corrected chi connectivity index (χ4v) is 0.997. The van der Waals surface area contributed by atoms with Gasteiger partial charge in [-0.2, -0.15) is 0 Å². The molecule has 0 aromatic rings. The summed E-state index contributed by atoms with van der Waals surface area (Å²) in [5, 5.41) is 0. The highest BCUT2D eigenvalue weighted by atomic mass is 35.5. The Labute approximate surface area is 62.9 Å². The first-order valence-corrected chi connectivity index (χ1v) is 4.00. The molecule has 1 unspecified atom stereocenters. The molecule has 0 saturated carbocycles. The van der Waals surface area contributed by atoms with E-state index in [0.717, 1.165) is 12.3 Å². The summed E-state index contributed by atoms with van der Waals surface area (Å²) >= 11 is 5.37. The van der Waals surface area contributed by atoms with Crippen LogP contribution in [0.5, 0.6) is 0 Å². The number of hydrogen-bond acceptors (Lipinski definition) is 0. The zero-order chi connectivity index (χ0) is 7.11. The van der Waals surface area contributed by atoms with Gasteiger partial charge in [0.15, 0.2) is 0 Å². The molecule has 54 valence electrons. The first-order chi connectivity index (χ1) is 4.31. The Bertz CT molecular complexity index is 76.6. The van der Waals surface area contributed by atoms with Crippen molar-refractivity contribution in [3.05, 3.63) is 11.6 Å². The Morgan fingerprint density at radius 2 is 2.22 bits per heavy atom. The van der Waals surface area contributed by atoms with Crippen LogP contribution in [-0.2, 0) is 0 Å². The molecule has 0 saturated heterocycles. The predicted molar refractivity (Wildman–Crippen MR) is 43.7 cm³/mol.